The zero-order valence-electron chi connectivity index (χ0n) is 10.5. The van der Waals surface area contributed by atoms with Gasteiger partial charge in [0.2, 0.25) is 0 Å². The summed E-state index contributed by atoms with van der Waals surface area (Å²) < 4.78 is 26.8. The first-order valence-electron chi connectivity index (χ1n) is 5.83. The third-order valence-electron chi connectivity index (χ3n) is 2.67. The second kappa shape index (κ2) is 6.44. The average molecular weight is 257 g/mol. The molecule has 1 amide bonds. The molecule has 0 saturated heterocycles. The van der Waals surface area contributed by atoms with Gasteiger partial charge >= 0.3 is 0 Å². The van der Waals surface area contributed by atoms with E-state index >= 15 is 0 Å². The van der Waals surface area contributed by atoms with Crippen LogP contribution in [-0.2, 0) is 0 Å². The molecule has 0 spiro atoms. The van der Waals surface area contributed by atoms with Crippen molar-refractivity contribution in [1.82, 2.24) is 5.32 Å². The molecule has 0 fully saturated rings. The van der Waals surface area contributed by atoms with Crippen LogP contribution in [0.25, 0.3) is 0 Å². The minimum Gasteiger partial charge on any atom is -0.396 e. The fourth-order valence-corrected chi connectivity index (χ4v) is 1.59. The quantitative estimate of drug-likeness (QED) is 0.849. The molecule has 0 radical (unpaired) electrons. The Morgan fingerprint density at radius 2 is 2.06 bits per heavy atom. The molecule has 5 heteroatoms. The van der Waals surface area contributed by atoms with Gasteiger partial charge in [0, 0.05) is 12.6 Å². The number of aliphatic hydroxyl groups is 1. The first-order valence-corrected chi connectivity index (χ1v) is 5.83. The summed E-state index contributed by atoms with van der Waals surface area (Å²) in [6, 6.07) is 1.70. The molecule has 0 aliphatic rings. The van der Waals surface area contributed by atoms with Crippen LogP contribution in [0, 0.1) is 18.6 Å². The third-order valence-corrected chi connectivity index (χ3v) is 2.67. The summed E-state index contributed by atoms with van der Waals surface area (Å²) in [5.74, 6) is -1.98. The van der Waals surface area contributed by atoms with Gasteiger partial charge in [0.1, 0.15) is 11.6 Å². The maximum atomic E-state index is 13.5. The summed E-state index contributed by atoms with van der Waals surface area (Å²) in [6.07, 6.45) is 1.13. The molecule has 0 aliphatic carbocycles. The van der Waals surface area contributed by atoms with E-state index in [1.54, 1.807) is 6.92 Å². The first kappa shape index (κ1) is 14.6. The minimum absolute atomic E-state index is 0.0354. The molecule has 100 valence electrons. The lowest BCUT2D eigenvalue weighted by Gasteiger charge is -2.13. The van der Waals surface area contributed by atoms with E-state index in [1.807, 2.05) is 0 Å². The molecule has 0 bridgehead atoms. The topological polar surface area (TPSA) is 49.3 Å². The number of benzene rings is 1. The van der Waals surface area contributed by atoms with Crippen LogP contribution in [0.5, 0.6) is 0 Å². The van der Waals surface area contributed by atoms with Crippen LogP contribution in [0.15, 0.2) is 12.1 Å². The summed E-state index contributed by atoms with van der Waals surface area (Å²) in [5.41, 5.74) is -0.133. The Labute approximate surface area is 105 Å². The largest absolute Gasteiger partial charge is 0.396 e. The van der Waals surface area contributed by atoms with E-state index in [1.165, 1.54) is 6.92 Å². The Balaban J connectivity index is 2.75. The number of nitrogens with one attached hydrogen (secondary N) is 1. The molecule has 0 saturated carbocycles. The van der Waals surface area contributed by atoms with E-state index in [-0.39, 0.29) is 23.8 Å². The monoisotopic (exact) mass is 257 g/mol. The van der Waals surface area contributed by atoms with Gasteiger partial charge in [-0.05, 0) is 44.4 Å². The number of aliphatic hydroxyl groups excluding tert-OH is 1. The Bertz CT molecular complexity index is 435. The second-order valence-electron chi connectivity index (χ2n) is 4.32. The van der Waals surface area contributed by atoms with Crippen LogP contribution in [0.1, 0.15) is 35.7 Å². The molecule has 1 unspecified atom stereocenters. The highest BCUT2D eigenvalue weighted by Crippen LogP contribution is 2.14. The number of hydrogen-bond acceptors (Lipinski definition) is 2. The van der Waals surface area contributed by atoms with Crippen molar-refractivity contribution < 1.29 is 18.7 Å². The van der Waals surface area contributed by atoms with Crippen LogP contribution < -0.4 is 5.32 Å². The third kappa shape index (κ3) is 3.77. The van der Waals surface area contributed by atoms with E-state index < -0.39 is 17.5 Å². The SMILES string of the molecule is Cc1cc(F)c(C(=O)NC(C)CCCO)cc1F. The van der Waals surface area contributed by atoms with Gasteiger partial charge in [-0.15, -0.1) is 0 Å². The van der Waals surface area contributed by atoms with Crippen LogP contribution in [0.3, 0.4) is 0 Å². The molecule has 18 heavy (non-hydrogen) atoms. The number of aryl methyl sites for hydroxylation is 1. The number of hydrogen-bond donors (Lipinski definition) is 2. The molecule has 3 nitrogen and oxygen atoms in total. The van der Waals surface area contributed by atoms with Crippen LogP contribution in [0.2, 0.25) is 0 Å². The summed E-state index contributed by atoms with van der Waals surface area (Å²) in [5, 5.41) is 11.2. The van der Waals surface area contributed by atoms with Crippen molar-refractivity contribution in [3.8, 4) is 0 Å². The number of halogens is 2. The summed E-state index contributed by atoms with van der Waals surface area (Å²) >= 11 is 0. The van der Waals surface area contributed by atoms with E-state index in [2.05, 4.69) is 5.32 Å². The van der Waals surface area contributed by atoms with Gasteiger partial charge in [-0.2, -0.15) is 0 Å². The number of amides is 1. The lowest BCUT2D eigenvalue weighted by atomic mass is 10.1. The van der Waals surface area contributed by atoms with Crippen molar-refractivity contribution in [2.75, 3.05) is 6.61 Å². The van der Waals surface area contributed by atoms with Gasteiger partial charge in [0.25, 0.3) is 5.91 Å². The summed E-state index contributed by atoms with van der Waals surface area (Å²) in [6.45, 7) is 3.22. The summed E-state index contributed by atoms with van der Waals surface area (Å²) in [4.78, 5) is 11.7. The van der Waals surface area contributed by atoms with Crippen molar-refractivity contribution in [1.29, 1.82) is 0 Å². The maximum Gasteiger partial charge on any atom is 0.254 e. The molecule has 1 aromatic carbocycles. The molecular formula is C13H17F2NO2. The van der Waals surface area contributed by atoms with Crippen molar-refractivity contribution in [2.45, 2.75) is 32.7 Å². The van der Waals surface area contributed by atoms with Crippen molar-refractivity contribution >= 4 is 5.91 Å². The van der Waals surface area contributed by atoms with E-state index in [0.29, 0.717) is 12.8 Å². The van der Waals surface area contributed by atoms with E-state index in [0.717, 1.165) is 12.1 Å². The Kier molecular flexibility index (Phi) is 5.22. The van der Waals surface area contributed by atoms with Gasteiger partial charge in [0.05, 0.1) is 5.56 Å². The number of rotatable bonds is 5. The number of carbonyl (C=O) groups excluding carboxylic acids is 1. The summed E-state index contributed by atoms with van der Waals surface area (Å²) in [7, 11) is 0. The molecule has 2 N–H and O–H groups in total. The minimum atomic E-state index is -0.735. The van der Waals surface area contributed by atoms with E-state index in [4.69, 9.17) is 5.11 Å². The molecule has 0 aliphatic heterocycles. The highest BCUT2D eigenvalue weighted by atomic mass is 19.1. The zero-order chi connectivity index (χ0) is 13.7. The van der Waals surface area contributed by atoms with Gasteiger partial charge < -0.3 is 10.4 Å². The normalized spacial score (nSPS) is 12.3. The Hall–Kier alpha value is -1.49. The predicted octanol–water partition coefficient (Wildman–Crippen LogP) is 2.16. The van der Waals surface area contributed by atoms with Crippen LogP contribution in [-0.4, -0.2) is 23.7 Å². The van der Waals surface area contributed by atoms with E-state index in [9.17, 15) is 13.6 Å². The highest BCUT2D eigenvalue weighted by molar-refractivity contribution is 5.94. The lowest BCUT2D eigenvalue weighted by Crippen LogP contribution is -2.33. The zero-order valence-corrected chi connectivity index (χ0v) is 10.5. The van der Waals surface area contributed by atoms with Gasteiger partial charge in [-0.25, -0.2) is 8.78 Å². The fourth-order valence-electron chi connectivity index (χ4n) is 1.59. The Morgan fingerprint density at radius 3 is 2.67 bits per heavy atom. The van der Waals surface area contributed by atoms with Crippen LogP contribution in [0.4, 0.5) is 8.78 Å². The maximum absolute atomic E-state index is 13.5. The van der Waals surface area contributed by atoms with Gasteiger partial charge in [-0.1, -0.05) is 0 Å². The van der Waals surface area contributed by atoms with Crippen molar-refractivity contribution in [3.05, 3.63) is 34.9 Å². The molecule has 0 heterocycles. The lowest BCUT2D eigenvalue weighted by molar-refractivity contribution is 0.0932. The predicted molar refractivity (Wildman–Crippen MR) is 64.3 cm³/mol. The standard InChI is InChI=1S/C13H17F2NO2/c1-8-6-12(15)10(7-11(8)14)13(18)16-9(2)4-3-5-17/h6-7,9,17H,3-5H2,1-2H3,(H,16,18). The second-order valence-corrected chi connectivity index (χ2v) is 4.32. The highest BCUT2D eigenvalue weighted by Gasteiger charge is 2.16. The van der Waals surface area contributed by atoms with Crippen LogP contribution >= 0.6 is 0 Å². The van der Waals surface area contributed by atoms with Gasteiger partial charge in [-0.3, -0.25) is 4.79 Å². The van der Waals surface area contributed by atoms with Crippen molar-refractivity contribution in [2.24, 2.45) is 0 Å². The first-order chi connectivity index (χ1) is 8.45. The Morgan fingerprint density at radius 1 is 1.39 bits per heavy atom. The molecule has 1 atom stereocenters. The number of carbonyl (C=O) groups is 1. The average Bonchev–Trinajstić information content (AvgIpc) is 2.31. The molecule has 1 aromatic rings. The van der Waals surface area contributed by atoms with Gasteiger partial charge in [0.15, 0.2) is 0 Å². The molecule has 1 rings (SSSR count). The fraction of sp³-hybridized carbons (Fsp3) is 0.462. The van der Waals surface area contributed by atoms with Crippen molar-refractivity contribution in [3.63, 3.8) is 0 Å². The molecule has 0 aromatic heterocycles. The molecular weight excluding hydrogens is 240 g/mol. The smallest absolute Gasteiger partial charge is 0.254 e.